The zero-order valence-electron chi connectivity index (χ0n) is 9.81. The van der Waals surface area contributed by atoms with Crippen LogP contribution in [0, 0.1) is 19.7 Å². The Morgan fingerprint density at radius 1 is 1.18 bits per heavy atom. The third-order valence-corrected chi connectivity index (χ3v) is 2.86. The van der Waals surface area contributed by atoms with Crippen LogP contribution in [0.2, 0.25) is 0 Å². The maximum atomic E-state index is 13.1. The van der Waals surface area contributed by atoms with Crippen LogP contribution in [0.15, 0.2) is 36.7 Å². The Labute approximate surface area is 99.8 Å². The van der Waals surface area contributed by atoms with Gasteiger partial charge in [0.05, 0.1) is 6.20 Å². The number of benzene rings is 1. The summed E-state index contributed by atoms with van der Waals surface area (Å²) in [6.07, 6.45) is 1.78. The second-order valence-electron chi connectivity index (χ2n) is 4.14. The van der Waals surface area contributed by atoms with E-state index in [-0.39, 0.29) is 0 Å². The summed E-state index contributed by atoms with van der Waals surface area (Å²) in [4.78, 5) is 3.76. The van der Waals surface area contributed by atoms with Gasteiger partial charge in [-0.3, -0.25) is 4.98 Å². The zero-order valence-corrected chi connectivity index (χ0v) is 9.81. The molecule has 2 aromatic rings. The van der Waals surface area contributed by atoms with E-state index in [9.17, 15) is 9.50 Å². The van der Waals surface area contributed by atoms with Gasteiger partial charge >= 0.3 is 0 Å². The number of aromatic nitrogens is 1. The summed E-state index contributed by atoms with van der Waals surface area (Å²) < 4.78 is 13.1. The Kier molecular flexibility index (Phi) is 3.20. The predicted molar refractivity (Wildman–Crippen MR) is 64.2 cm³/mol. The number of halogens is 1. The predicted octanol–water partition coefficient (Wildman–Crippen LogP) is 2.92. The molecule has 1 heterocycles. The lowest BCUT2D eigenvalue weighted by atomic mass is 9.94. The molecule has 1 aromatic heterocycles. The number of hydrogen-bond donors (Lipinski definition) is 1. The van der Waals surface area contributed by atoms with E-state index in [0.29, 0.717) is 5.56 Å². The van der Waals surface area contributed by atoms with Crippen LogP contribution < -0.4 is 0 Å². The van der Waals surface area contributed by atoms with Gasteiger partial charge in [0.2, 0.25) is 0 Å². The number of hydrogen-bond acceptors (Lipinski definition) is 2. The van der Waals surface area contributed by atoms with Crippen molar-refractivity contribution in [1.82, 2.24) is 4.98 Å². The molecule has 0 aliphatic carbocycles. The molecule has 1 unspecified atom stereocenters. The van der Waals surface area contributed by atoms with Crippen LogP contribution in [0.1, 0.15) is 28.4 Å². The molecule has 0 aliphatic rings. The third-order valence-electron chi connectivity index (χ3n) is 2.86. The molecule has 1 aromatic carbocycles. The lowest BCUT2D eigenvalue weighted by Gasteiger charge is -2.16. The van der Waals surface area contributed by atoms with Gasteiger partial charge in [0, 0.05) is 11.8 Å². The number of aliphatic hydroxyl groups is 1. The first-order valence-corrected chi connectivity index (χ1v) is 5.44. The average Bonchev–Trinajstić information content (AvgIpc) is 2.28. The van der Waals surface area contributed by atoms with Gasteiger partial charge in [0.15, 0.2) is 0 Å². The fourth-order valence-electron chi connectivity index (χ4n) is 2.00. The minimum atomic E-state index is -0.834. The number of rotatable bonds is 2. The van der Waals surface area contributed by atoms with Crippen LogP contribution in [-0.2, 0) is 0 Å². The maximum absolute atomic E-state index is 13.1. The van der Waals surface area contributed by atoms with Crippen LogP contribution in [0.3, 0.4) is 0 Å². The molecule has 0 bridgehead atoms. The van der Waals surface area contributed by atoms with Crippen LogP contribution >= 0.6 is 0 Å². The van der Waals surface area contributed by atoms with E-state index < -0.39 is 11.9 Å². The highest BCUT2D eigenvalue weighted by Gasteiger charge is 2.15. The molecule has 17 heavy (non-hydrogen) atoms. The smallest absolute Gasteiger partial charge is 0.141 e. The molecule has 2 rings (SSSR count). The maximum Gasteiger partial charge on any atom is 0.141 e. The molecule has 1 N–H and O–H groups in total. The van der Waals surface area contributed by atoms with E-state index >= 15 is 0 Å². The number of nitrogens with zero attached hydrogens (tertiary/aromatic N) is 1. The van der Waals surface area contributed by atoms with Crippen LogP contribution in [0.25, 0.3) is 0 Å². The fourth-order valence-corrected chi connectivity index (χ4v) is 2.00. The molecule has 0 fully saturated rings. The molecular weight excluding hydrogens is 217 g/mol. The molecular formula is C14H14FNO. The summed E-state index contributed by atoms with van der Waals surface area (Å²) in [5.74, 6) is -0.437. The first kappa shape index (κ1) is 11.7. The monoisotopic (exact) mass is 231 g/mol. The number of aryl methyl sites for hydroxylation is 2. The SMILES string of the molecule is Cc1cccc(C)c1C(O)c1cncc(F)c1. The topological polar surface area (TPSA) is 33.1 Å². The van der Waals surface area contributed by atoms with Crippen molar-refractivity contribution in [2.24, 2.45) is 0 Å². The first-order valence-electron chi connectivity index (χ1n) is 5.44. The largest absolute Gasteiger partial charge is 0.384 e. The minimum absolute atomic E-state index is 0.437. The first-order chi connectivity index (χ1) is 8.09. The normalized spacial score (nSPS) is 12.5. The fraction of sp³-hybridized carbons (Fsp3) is 0.214. The van der Waals surface area contributed by atoms with Gasteiger partial charge in [-0.25, -0.2) is 4.39 Å². The van der Waals surface area contributed by atoms with E-state index in [0.717, 1.165) is 22.9 Å². The van der Waals surface area contributed by atoms with Crippen molar-refractivity contribution in [2.45, 2.75) is 20.0 Å². The van der Waals surface area contributed by atoms with Crippen molar-refractivity contribution >= 4 is 0 Å². The van der Waals surface area contributed by atoms with E-state index in [2.05, 4.69) is 4.98 Å². The molecule has 88 valence electrons. The summed E-state index contributed by atoms with van der Waals surface area (Å²) in [5.41, 5.74) is 3.27. The standard InChI is InChI=1S/C14H14FNO/c1-9-4-3-5-10(2)13(9)14(17)11-6-12(15)8-16-7-11/h3-8,14,17H,1-2H3. The highest BCUT2D eigenvalue weighted by atomic mass is 19.1. The molecule has 0 aliphatic heterocycles. The number of pyridine rings is 1. The van der Waals surface area contributed by atoms with Crippen molar-refractivity contribution in [3.8, 4) is 0 Å². The van der Waals surface area contributed by atoms with Crippen molar-refractivity contribution < 1.29 is 9.50 Å². The second kappa shape index (κ2) is 4.63. The van der Waals surface area contributed by atoms with Crippen LogP contribution in [0.5, 0.6) is 0 Å². The Hall–Kier alpha value is -1.74. The van der Waals surface area contributed by atoms with E-state index in [1.54, 1.807) is 0 Å². The number of aliphatic hydroxyl groups excluding tert-OH is 1. The average molecular weight is 231 g/mol. The lowest BCUT2D eigenvalue weighted by molar-refractivity contribution is 0.217. The van der Waals surface area contributed by atoms with Gasteiger partial charge in [0.1, 0.15) is 11.9 Å². The van der Waals surface area contributed by atoms with Crippen LogP contribution in [0.4, 0.5) is 4.39 Å². The molecule has 0 spiro atoms. The summed E-state index contributed by atoms with van der Waals surface area (Å²) in [6, 6.07) is 7.10. The summed E-state index contributed by atoms with van der Waals surface area (Å²) in [7, 11) is 0. The van der Waals surface area contributed by atoms with Gasteiger partial charge in [0.25, 0.3) is 0 Å². The van der Waals surface area contributed by atoms with Gasteiger partial charge < -0.3 is 5.11 Å². The molecule has 0 saturated heterocycles. The Morgan fingerprint density at radius 3 is 2.41 bits per heavy atom. The minimum Gasteiger partial charge on any atom is -0.384 e. The molecule has 1 atom stereocenters. The van der Waals surface area contributed by atoms with Gasteiger partial charge in [-0.15, -0.1) is 0 Å². The summed E-state index contributed by atoms with van der Waals surface area (Å²) in [5, 5.41) is 10.3. The van der Waals surface area contributed by atoms with Gasteiger partial charge in [-0.2, -0.15) is 0 Å². The van der Waals surface area contributed by atoms with Crippen molar-refractivity contribution in [1.29, 1.82) is 0 Å². The third kappa shape index (κ3) is 2.34. The van der Waals surface area contributed by atoms with Crippen molar-refractivity contribution in [3.05, 3.63) is 64.7 Å². The van der Waals surface area contributed by atoms with E-state index in [1.807, 2.05) is 32.0 Å². The molecule has 3 heteroatoms. The lowest BCUT2D eigenvalue weighted by Crippen LogP contribution is -2.05. The Bertz CT molecular complexity index is 519. The molecule has 2 nitrogen and oxygen atoms in total. The van der Waals surface area contributed by atoms with E-state index in [4.69, 9.17) is 0 Å². The highest BCUT2D eigenvalue weighted by Crippen LogP contribution is 2.27. The molecule has 0 amide bonds. The summed E-state index contributed by atoms with van der Waals surface area (Å²) in [6.45, 7) is 3.86. The zero-order chi connectivity index (χ0) is 12.4. The quantitative estimate of drug-likeness (QED) is 0.862. The van der Waals surface area contributed by atoms with Crippen LogP contribution in [-0.4, -0.2) is 10.1 Å². The Balaban J connectivity index is 2.47. The van der Waals surface area contributed by atoms with Crippen molar-refractivity contribution in [2.75, 3.05) is 0 Å². The second-order valence-corrected chi connectivity index (χ2v) is 4.14. The van der Waals surface area contributed by atoms with E-state index in [1.165, 1.54) is 12.3 Å². The van der Waals surface area contributed by atoms with Gasteiger partial charge in [-0.1, -0.05) is 18.2 Å². The Morgan fingerprint density at radius 2 is 1.82 bits per heavy atom. The van der Waals surface area contributed by atoms with Crippen molar-refractivity contribution in [3.63, 3.8) is 0 Å². The molecule has 0 saturated carbocycles. The molecule has 0 radical (unpaired) electrons. The summed E-state index contributed by atoms with van der Waals surface area (Å²) >= 11 is 0. The highest BCUT2D eigenvalue weighted by molar-refractivity contribution is 5.39. The van der Waals surface area contributed by atoms with Gasteiger partial charge in [-0.05, 0) is 36.6 Å².